The van der Waals surface area contributed by atoms with Crippen molar-refractivity contribution in [3.63, 3.8) is 0 Å². The Morgan fingerprint density at radius 1 is 1.13 bits per heavy atom. The van der Waals surface area contributed by atoms with E-state index in [0.29, 0.717) is 5.92 Å². The van der Waals surface area contributed by atoms with Gasteiger partial charge in [0.05, 0.1) is 0 Å². The number of anilines is 1. The maximum absolute atomic E-state index is 12.1. The van der Waals surface area contributed by atoms with Crippen LogP contribution < -0.4 is 10.2 Å². The fourth-order valence-electron chi connectivity index (χ4n) is 3.70. The van der Waals surface area contributed by atoms with Gasteiger partial charge in [-0.3, -0.25) is 4.79 Å². The summed E-state index contributed by atoms with van der Waals surface area (Å²) >= 11 is 1.49. The van der Waals surface area contributed by atoms with Crippen LogP contribution in [0, 0.1) is 12.8 Å². The third-order valence-electron chi connectivity index (χ3n) is 5.62. The number of aryl methyl sites for hydroxylation is 1. The molecule has 2 heterocycles. The highest BCUT2D eigenvalue weighted by Crippen LogP contribution is 2.25. The Morgan fingerprint density at radius 2 is 1.87 bits per heavy atom. The molecule has 0 spiro atoms. The average Bonchev–Trinajstić information content (AvgIpc) is 3.27. The van der Waals surface area contributed by atoms with Gasteiger partial charge in [0, 0.05) is 43.7 Å². The van der Waals surface area contributed by atoms with Gasteiger partial charge in [-0.25, -0.2) is 4.98 Å². The average molecular weight is 433 g/mol. The second-order valence-corrected chi connectivity index (χ2v) is 8.81. The van der Waals surface area contributed by atoms with Crippen molar-refractivity contribution in [2.75, 3.05) is 24.5 Å². The molecule has 1 N–H and O–H groups in total. The van der Waals surface area contributed by atoms with E-state index in [4.69, 9.17) is 4.98 Å². The zero-order valence-corrected chi connectivity index (χ0v) is 18.6. The summed E-state index contributed by atoms with van der Waals surface area (Å²) in [5.74, 6) is 1.37. The zero-order valence-electron chi connectivity index (χ0n) is 17.8. The van der Waals surface area contributed by atoms with Crippen LogP contribution in [-0.4, -0.2) is 34.9 Å². The van der Waals surface area contributed by atoms with E-state index in [-0.39, 0.29) is 5.91 Å². The number of carbonyl (C=O) groups excluding carboxylic acids is 1. The molecule has 5 nitrogen and oxygen atoms in total. The van der Waals surface area contributed by atoms with E-state index in [9.17, 15) is 4.79 Å². The van der Waals surface area contributed by atoms with E-state index in [0.717, 1.165) is 55.4 Å². The number of hydrogen-bond acceptors (Lipinski definition) is 5. The van der Waals surface area contributed by atoms with Gasteiger partial charge < -0.3 is 10.2 Å². The van der Waals surface area contributed by atoms with Crippen LogP contribution in [0.5, 0.6) is 0 Å². The third-order valence-corrected chi connectivity index (χ3v) is 6.43. The van der Waals surface area contributed by atoms with Crippen molar-refractivity contribution in [2.45, 2.75) is 26.2 Å². The molecule has 0 unspecified atom stereocenters. The number of rotatable bonds is 7. The monoisotopic (exact) mass is 432 g/mol. The van der Waals surface area contributed by atoms with Gasteiger partial charge in [-0.15, -0.1) is 0 Å². The molecule has 1 aromatic heterocycles. The number of carbonyl (C=O) groups is 1. The van der Waals surface area contributed by atoms with Gasteiger partial charge in [-0.2, -0.15) is 4.37 Å². The van der Waals surface area contributed by atoms with Crippen molar-refractivity contribution in [1.29, 1.82) is 0 Å². The topological polar surface area (TPSA) is 58.1 Å². The van der Waals surface area contributed by atoms with E-state index < -0.39 is 0 Å². The van der Waals surface area contributed by atoms with Gasteiger partial charge >= 0.3 is 0 Å². The SMILES string of the molecule is Cc1ccc(Cc2nsc(N3CCC(CNC(=O)/C=C/c4ccccc4)CC3)n2)cc1. The van der Waals surface area contributed by atoms with Crippen molar-refractivity contribution in [1.82, 2.24) is 14.7 Å². The maximum atomic E-state index is 12.1. The highest BCUT2D eigenvalue weighted by molar-refractivity contribution is 7.09. The number of hydrogen-bond donors (Lipinski definition) is 1. The lowest BCUT2D eigenvalue weighted by atomic mass is 9.97. The van der Waals surface area contributed by atoms with Crippen molar-refractivity contribution in [3.8, 4) is 0 Å². The first-order valence-electron chi connectivity index (χ1n) is 10.8. The molecule has 2 aromatic carbocycles. The van der Waals surface area contributed by atoms with Crippen LogP contribution in [-0.2, 0) is 11.2 Å². The quantitative estimate of drug-likeness (QED) is 0.559. The predicted molar refractivity (Wildman–Crippen MR) is 127 cm³/mol. The van der Waals surface area contributed by atoms with Gasteiger partial charge in [0.1, 0.15) is 5.82 Å². The summed E-state index contributed by atoms with van der Waals surface area (Å²) in [5.41, 5.74) is 3.54. The van der Waals surface area contributed by atoms with Crippen LogP contribution in [0.15, 0.2) is 60.7 Å². The van der Waals surface area contributed by atoms with E-state index in [2.05, 4.69) is 45.8 Å². The van der Waals surface area contributed by atoms with Crippen LogP contribution in [0.25, 0.3) is 6.08 Å². The number of amides is 1. The molecule has 0 atom stereocenters. The number of nitrogens with zero attached hydrogens (tertiary/aromatic N) is 3. The van der Waals surface area contributed by atoms with Crippen LogP contribution in [0.4, 0.5) is 5.13 Å². The molecular weight excluding hydrogens is 404 g/mol. The van der Waals surface area contributed by atoms with E-state index in [1.807, 2.05) is 36.4 Å². The zero-order chi connectivity index (χ0) is 21.5. The minimum Gasteiger partial charge on any atom is -0.352 e. The van der Waals surface area contributed by atoms with E-state index in [1.54, 1.807) is 6.08 Å². The molecule has 1 amide bonds. The number of aromatic nitrogens is 2. The second kappa shape index (κ2) is 10.4. The molecule has 1 aliphatic rings. The Hall–Kier alpha value is -2.99. The van der Waals surface area contributed by atoms with Crippen molar-refractivity contribution >= 4 is 28.6 Å². The van der Waals surface area contributed by atoms with Gasteiger partial charge in [0.25, 0.3) is 0 Å². The highest BCUT2D eigenvalue weighted by Gasteiger charge is 2.22. The van der Waals surface area contributed by atoms with E-state index >= 15 is 0 Å². The lowest BCUT2D eigenvalue weighted by molar-refractivity contribution is -0.116. The van der Waals surface area contributed by atoms with Gasteiger partial charge in [-0.1, -0.05) is 60.2 Å². The molecule has 6 heteroatoms. The molecule has 1 fully saturated rings. The van der Waals surface area contributed by atoms with Crippen LogP contribution >= 0.6 is 11.5 Å². The van der Waals surface area contributed by atoms with Gasteiger partial charge in [0.15, 0.2) is 0 Å². The summed E-state index contributed by atoms with van der Waals surface area (Å²) in [6.07, 6.45) is 6.34. The minimum atomic E-state index is -0.0313. The van der Waals surface area contributed by atoms with Crippen molar-refractivity contribution in [3.05, 3.63) is 83.2 Å². The van der Waals surface area contributed by atoms with Gasteiger partial charge in [-0.05, 0) is 42.9 Å². The molecule has 0 aliphatic carbocycles. The second-order valence-electron chi connectivity index (χ2n) is 8.08. The Balaban J connectivity index is 1.21. The molecule has 3 aromatic rings. The number of benzene rings is 2. The standard InChI is InChI=1S/C25H28N4OS/c1-19-7-9-21(10-8-19)17-23-27-25(31-28-23)29-15-13-22(14-16-29)18-26-24(30)12-11-20-5-3-2-4-6-20/h2-12,22H,13-18H2,1H3,(H,26,30)/b12-11+. The molecule has 1 saturated heterocycles. The summed E-state index contributed by atoms with van der Waals surface area (Å²) in [6.45, 7) is 4.74. The molecule has 160 valence electrons. The Labute approximate surface area is 188 Å². The molecule has 31 heavy (non-hydrogen) atoms. The van der Waals surface area contributed by atoms with Crippen LogP contribution in [0.3, 0.4) is 0 Å². The largest absolute Gasteiger partial charge is 0.352 e. The fourth-order valence-corrected chi connectivity index (χ4v) is 4.44. The first-order chi connectivity index (χ1) is 15.2. The Bertz CT molecular complexity index is 1010. The molecule has 1 aliphatic heterocycles. The maximum Gasteiger partial charge on any atom is 0.244 e. The van der Waals surface area contributed by atoms with Crippen LogP contribution in [0.1, 0.15) is 35.4 Å². The van der Waals surface area contributed by atoms with Gasteiger partial charge in [0.2, 0.25) is 11.0 Å². The first-order valence-corrected chi connectivity index (χ1v) is 11.6. The Morgan fingerprint density at radius 3 is 2.61 bits per heavy atom. The predicted octanol–water partition coefficient (Wildman–Crippen LogP) is 4.48. The van der Waals surface area contributed by atoms with Crippen molar-refractivity contribution in [2.24, 2.45) is 5.92 Å². The lowest BCUT2D eigenvalue weighted by Gasteiger charge is -2.31. The first kappa shape index (κ1) is 21.2. The third kappa shape index (κ3) is 6.25. The molecule has 4 rings (SSSR count). The summed E-state index contributed by atoms with van der Waals surface area (Å²) in [6, 6.07) is 18.4. The summed E-state index contributed by atoms with van der Waals surface area (Å²) < 4.78 is 4.56. The summed E-state index contributed by atoms with van der Waals surface area (Å²) in [5, 5.41) is 4.05. The molecule has 0 saturated carbocycles. The van der Waals surface area contributed by atoms with Crippen LogP contribution in [0.2, 0.25) is 0 Å². The summed E-state index contributed by atoms with van der Waals surface area (Å²) in [4.78, 5) is 19.2. The smallest absolute Gasteiger partial charge is 0.244 e. The molecular formula is C25H28N4OS. The minimum absolute atomic E-state index is 0.0313. The van der Waals surface area contributed by atoms with E-state index in [1.165, 1.54) is 22.7 Å². The Kier molecular flexibility index (Phi) is 7.10. The number of piperidine rings is 1. The summed E-state index contributed by atoms with van der Waals surface area (Å²) in [7, 11) is 0. The van der Waals surface area contributed by atoms with Crippen molar-refractivity contribution < 1.29 is 4.79 Å². The lowest BCUT2D eigenvalue weighted by Crippen LogP contribution is -2.38. The highest BCUT2D eigenvalue weighted by atomic mass is 32.1. The molecule has 0 radical (unpaired) electrons. The number of nitrogens with one attached hydrogen (secondary N) is 1. The fraction of sp³-hybridized carbons (Fsp3) is 0.320. The normalized spacial score (nSPS) is 14.8. The molecule has 0 bridgehead atoms.